The minimum Gasteiger partial charge on any atom is -0.490 e. The van der Waals surface area contributed by atoms with Crippen LogP contribution in [-0.4, -0.2) is 54.8 Å². The lowest BCUT2D eigenvalue weighted by Crippen LogP contribution is -2.59. The second-order valence-corrected chi connectivity index (χ2v) is 5.85. The molecule has 0 amide bonds. The second kappa shape index (κ2) is 9.39. The first-order valence-electron chi connectivity index (χ1n) is 7.64. The van der Waals surface area contributed by atoms with Crippen molar-refractivity contribution in [1.82, 2.24) is 0 Å². The van der Waals surface area contributed by atoms with Crippen molar-refractivity contribution < 1.29 is 67.7 Å². The zero-order chi connectivity index (χ0) is 24.2. The maximum atomic E-state index is 14.0. The maximum absolute atomic E-state index is 14.0. The first-order chi connectivity index (χ1) is 13.3. The molecular weight excluding hydrogens is 453 g/mol. The van der Waals surface area contributed by atoms with Crippen molar-refractivity contribution in [2.24, 2.45) is 5.41 Å². The molecule has 30 heavy (non-hydrogen) atoms. The summed E-state index contributed by atoms with van der Waals surface area (Å²) in [5.74, 6) is -7.44. The van der Waals surface area contributed by atoms with Crippen molar-refractivity contribution in [2.45, 2.75) is 43.9 Å². The SMILES string of the molecule is C=CC(=O)OCC(CC)(CO)C(OC=C(C(F)(F)F)C(F)(F)F)C(F)(F)C(F)(F)F. The van der Waals surface area contributed by atoms with Gasteiger partial charge in [-0.05, 0) is 6.42 Å². The number of alkyl halides is 11. The number of rotatable bonds is 9. The Balaban J connectivity index is 6.56. The first kappa shape index (κ1) is 27.9. The maximum Gasteiger partial charge on any atom is 0.457 e. The second-order valence-electron chi connectivity index (χ2n) is 5.85. The number of halogens is 11. The highest BCUT2D eigenvalue weighted by Gasteiger charge is 2.69. The van der Waals surface area contributed by atoms with Crippen molar-refractivity contribution in [3.05, 3.63) is 24.5 Å². The highest BCUT2D eigenvalue weighted by Crippen LogP contribution is 2.48. The smallest absolute Gasteiger partial charge is 0.457 e. The number of allylic oxidation sites excluding steroid dienone is 1. The molecule has 0 aromatic rings. The van der Waals surface area contributed by atoms with E-state index in [0.29, 0.717) is 6.08 Å². The number of hydrogen-bond acceptors (Lipinski definition) is 4. The van der Waals surface area contributed by atoms with Crippen LogP contribution in [0.3, 0.4) is 0 Å². The van der Waals surface area contributed by atoms with E-state index in [9.17, 15) is 58.2 Å². The third-order valence-electron chi connectivity index (χ3n) is 3.88. The van der Waals surface area contributed by atoms with Crippen molar-refractivity contribution in [3.63, 3.8) is 0 Å². The van der Waals surface area contributed by atoms with Gasteiger partial charge < -0.3 is 14.6 Å². The van der Waals surface area contributed by atoms with Crippen LogP contribution in [0.2, 0.25) is 0 Å². The van der Waals surface area contributed by atoms with Crippen LogP contribution in [0.15, 0.2) is 24.5 Å². The van der Waals surface area contributed by atoms with E-state index in [4.69, 9.17) is 0 Å². The van der Waals surface area contributed by atoms with Gasteiger partial charge in [-0.1, -0.05) is 13.5 Å². The fourth-order valence-electron chi connectivity index (χ4n) is 2.07. The Morgan fingerprint density at radius 3 is 1.77 bits per heavy atom. The minimum absolute atomic E-state index is 0.445. The zero-order valence-corrected chi connectivity index (χ0v) is 14.9. The van der Waals surface area contributed by atoms with E-state index in [2.05, 4.69) is 16.1 Å². The van der Waals surface area contributed by atoms with Gasteiger partial charge in [0.25, 0.3) is 0 Å². The number of ether oxygens (including phenoxy) is 2. The molecule has 2 unspecified atom stereocenters. The summed E-state index contributed by atoms with van der Waals surface area (Å²) in [5, 5.41) is 9.38. The Hall–Kier alpha value is -2.06. The first-order valence-corrected chi connectivity index (χ1v) is 7.64. The molecule has 0 fully saturated rings. The Morgan fingerprint density at radius 2 is 1.47 bits per heavy atom. The van der Waals surface area contributed by atoms with Crippen LogP contribution in [0.4, 0.5) is 48.3 Å². The van der Waals surface area contributed by atoms with Gasteiger partial charge in [0.1, 0.15) is 12.9 Å². The largest absolute Gasteiger partial charge is 0.490 e. The van der Waals surface area contributed by atoms with Crippen molar-refractivity contribution in [1.29, 1.82) is 0 Å². The van der Waals surface area contributed by atoms with Crippen molar-refractivity contribution in [3.8, 4) is 0 Å². The summed E-state index contributed by atoms with van der Waals surface area (Å²) in [7, 11) is 0. The highest BCUT2D eigenvalue weighted by atomic mass is 19.4. The fourth-order valence-corrected chi connectivity index (χ4v) is 2.07. The van der Waals surface area contributed by atoms with E-state index >= 15 is 0 Å². The third-order valence-corrected chi connectivity index (χ3v) is 3.88. The van der Waals surface area contributed by atoms with Gasteiger partial charge in [-0.15, -0.1) is 0 Å². The Kier molecular flexibility index (Phi) is 8.74. The van der Waals surface area contributed by atoms with E-state index in [0.717, 1.165) is 6.92 Å². The number of carbonyl (C=O) groups is 1. The molecular formula is C15H15F11O4. The van der Waals surface area contributed by atoms with Crippen LogP contribution in [-0.2, 0) is 14.3 Å². The normalized spacial score (nSPS) is 16.3. The summed E-state index contributed by atoms with van der Waals surface area (Å²) in [4.78, 5) is 11.1. The lowest BCUT2D eigenvalue weighted by Gasteiger charge is -2.41. The van der Waals surface area contributed by atoms with Gasteiger partial charge >= 0.3 is 30.4 Å². The molecule has 2 atom stereocenters. The molecule has 0 bridgehead atoms. The fraction of sp³-hybridized carbons (Fsp3) is 0.667. The van der Waals surface area contributed by atoms with Crippen LogP contribution in [0.1, 0.15) is 13.3 Å². The summed E-state index contributed by atoms with van der Waals surface area (Å²) in [6.45, 7) is 0.605. The summed E-state index contributed by atoms with van der Waals surface area (Å²) in [5.41, 5.74) is -6.46. The Morgan fingerprint density at radius 1 is 1.00 bits per heavy atom. The van der Waals surface area contributed by atoms with Crippen LogP contribution in [0, 0.1) is 5.41 Å². The minimum atomic E-state index is -6.51. The average molecular weight is 468 g/mol. The summed E-state index contributed by atoms with van der Waals surface area (Å²) in [6.07, 6.45) is -24.6. The predicted molar refractivity (Wildman–Crippen MR) is 77.0 cm³/mol. The lowest BCUT2D eigenvalue weighted by atomic mass is 9.77. The summed E-state index contributed by atoms with van der Waals surface area (Å²) >= 11 is 0. The summed E-state index contributed by atoms with van der Waals surface area (Å²) < 4.78 is 150. The quantitative estimate of drug-likeness (QED) is 0.231. The predicted octanol–water partition coefficient (Wildman–Crippen LogP) is 4.70. The molecule has 176 valence electrons. The van der Waals surface area contributed by atoms with Crippen LogP contribution in [0.25, 0.3) is 0 Å². The number of esters is 1. The van der Waals surface area contributed by atoms with Gasteiger partial charge in [-0.25, -0.2) is 4.79 Å². The molecule has 0 aliphatic heterocycles. The molecule has 0 aromatic carbocycles. The number of carbonyl (C=O) groups excluding carboxylic acids is 1. The Labute approximate surface area is 161 Å². The standard InChI is InChI=1S/C15H15F11O4/c1-3-9(28)30-7-11(4-2,6-27)10(12(16,17)15(24,25)26)29-5-8(13(18,19)20)14(21,22)23/h3,5,10,27H,1,4,6-7H2,2H3. The average Bonchev–Trinajstić information content (AvgIpc) is 2.57. The number of hydrogen-bond donors (Lipinski definition) is 1. The van der Waals surface area contributed by atoms with Crippen molar-refractivity contribution >= 4 is 5.97 Å². The van der Waals surface area contributed by atoms with E-state index in [1.54, 1.807) is 0 Å². The topological polar surface area (TPSA) is 55.8 Å². The molecule has 0 spiro atoms. The molecule has 0 radical (unpaired) electrons. The third kappa shape index (κ3) is 6.47. The van der Waals surface area contributed by atoms with Crippen LogP contribution >= 0.6 is 0 Å². The van der Waals surface area contributed by atoms with Gasteiger partial charge in [0, 0.05) is 6.08 Å². The molecule has 4 nitrogen and oxygen atoms in total. The van der Waals surface area contributed by atoms with Crippen LogP contribution < -0.4 is 0 Å². The molecule has 0 aliphatic rings. The molecule has 0 heterocycles. The van der Waals surface area contributed by atoms with Gasteiger partial charge in [0.2, 0.25) is 0 Å². The molecule has 0 saturated heterocycles. The molecule has 1 N–H and O–H groups in total. The van der Waals surface area contributed by atoms with Crippen molar-refractivity contribution in [2.75, 3.05) is 13.2 Å². The monoisotopic (exact) mass is 468 g/mol. The van der Waals surface area contributed by atoms with Gasteiger partial charge in [-0.3, -0.25) is 0 Å². The highest BCUT2D eigenvalue weighted by molar-refractivity contribution is 5.81. The molecule has 15 heteroatoms. The van der Waals surface area contributed by atoms with E-state index in [1.807, 2.05) is 0 Å². The molecule has 0 aromatic heterocycles. The van der Waals surface area contributed by atoms with E-state index in [1.165, 1.54) is 0 Å². The molecule has 0 rings (SSSR count). The van der Waals surface area contributed by atoms with E-state index in [-0.39, 0.29) is 0 Å². The summed E-state index contributed by atoms with van der Waals surface area (Å²) in [6, 6.07) is 0. The van der Waals surface area contributed by atoms with E-state index < -0.39 is 73.4 Å². The Bertz CT molecular complexity index is 612. The molecule has 0 aliphatic carbocycles. The number of aliphatic hydroxyl groups excluding tert-OH is 1. The number of aliphatic hydroxyl groups is 1. The van der Waals surface area contributed by atoms with Gasteiger partial charge in [-0.2, -0.15) is 48.3 Å². The zero-order valence-electron chi connectivity index (χ0n) is 14.9. The molecule has 0 saturated carbocycles. The van der Waals surface area contributed by atoms with Gasteiger partial charge in [0.15, 0.2) is 11.7 Å². The van der Waals surface area contributed by atoms with Crippen LogP contribution in [0.5, 0.6) is 0 Å². The lowest BCUT2D eigenvalue weighted by molar-refractivity contribution is -0.333. The van der Waals surface area contributed by atoms with Gasteiger partial charge in [0.05, 0.1) is 12.0 Å².